The summed E-state index contributed by atoms with van der Waals surface area (Å²) in [5, 5.41) is 18.0. The summed E-state index contributed by atoms with van der Waals surface area (Å²) in [7, 11) is 1.66. The molecule has 0 aliphatic rings. The Balaban J connectivity index is 2.23. The third kappa shape index (κ3) is 4.60. The molecule has 0 spiro atoms. The first-order valence-corrected chi connectivity index (χ1v) is 8.11. The highest BCUT2D eigenvalue weighted by Crippen LogP contribution is 2.31. The zero-order valence-electron chi connectivity index (χ0n) is 14.8. The molecular formula is C19H22N4O3. The normalized spacial score (nSPS) is 11.1. The second kappa shape index (κ2) is 8.66. The number of nitrogens with two attached hydrogens (primary N) is 1. The number of hydrogen-bond acceptors (Lipinski definition) is 5. The Morgan fingerprint density at radius 3 is 2.58 bits per heavy atom. The van der Waals surface area contributed by atoms with Crippen molar-refractivity contribution < 1.29 is 14.6 Å². The van der Waals surface area contributed by atoms with E-state index in [1.54, 1.807) is 20.0 Å². The van der Waals surface area contributed by atoms with E-state index >= 15 is 0 Å². The highest BCUT2D eigenvalue weighted by atomic mass is 16.5. The average Bonchev–Trinajstić information content (AvgIpc) is 2.63. The Hall–Kier alpha value is -3.35. The Morgan fingerprint density at radius 2 is 1.92 bits per heavy atom. The molecule has 0 aromatic heterocycles. The average molecular weight is 354 g/mol. The van der Waals surface area contributed by atoms with Gasteiger partial charge in [0.2, 0.25) is 5.90 Å². The number of phenolic OH excluding ortho intramolecular Hbond substituents is 1. The van der Waals surface area contributed by atoms with Gasteiger partial charge in [0.15, 0.2) is 11.6 Å². The number of ether oxygens (including phenoxy) is 1. The lowest BCUT2D eigenvalue weighted by Crippen LogP contribution is -2.26. The molecule has 0 saturated heterocycles. The molecule has 7 nitrogen and oxygen atoms in total. The summed E-state index contributed by atoms with van der Waals surface area (Å²) in [5.74, 6) is -1.10. The van der Waals surface area contributed by atoms with Crippen LogP contribution in [0.2, 0.25) is 0 Å². The molecule has 0 radical (unpaired) electrons. The van der Waals surface area contributed by atoms with Crippen molar-refractivity contribution in [3.8, 4) is 5.75 Å². The number of nitrogens with zero attached hydrogens (tertiary/aromatic N) is 2. The second-order valence-corrected chi connectivity index (χ2v) is 5.58. The quantitative estimate of drug-likeness (QED) is 0.566. The minimum atomic E-state index is -0.346. The maximum atomic E-state index is 12.7. The summed E-state index contributed by atoms with van der Waals surface area (Å²) < 4.78 is 4.97. The number of carbonyl (C=O) groups is 1. The largest absolute Gasteiger partial charge is 0.505 e. The molecule has 2 aromatic rings. The van der Waals surface area contributed by atoms with E-state index in [-0.39, 0.29) is 41.2 Å². The molecule has 26 heavy (non-hydrogen) atoms. The van der Waals surface area contributed by atoms with Crippen LogP contribution in [-0.4, -0.2) is 41.3 Å². The molecule has 2 aromatic carbocycles. The lowest BCUT2D eigenvalue weighted by Gasteiger charge is -2.18. The molecule has 136 valence electrons. The lowest BCUT2D eigenvalue weighted by atomic mass is 10.1. The fourth-order valence-corrected chi connectivity index (χ4v) is 2.33. The van der Waals surface area contributed by atoms with E-state index in [2.05, 4.69) is 4.99 Å². The van der Waals surface area contributed by atoms with Crippen LogP contribution >= 0.6 is 0 Å². The van der Waals surface area contributed by atoms with Gasteiger partial charge >= 0.3 is 0 Å². The van der Waals surface area contributed by atoms with E-state index in [1.807, 2.05) is 30.3 Å². The van der Waals surface area contributed by atoms with Gasteiger partial charge in [0.25, 0.3) is 5.91 Å². The summed E-state index contributed by atoms with van der Waals surface area (Å²) in [4.78, 5) is 18.2. The SMILES string of the molecule is CCOC(=N)C(N)=Nc1cccc(C(=O)N(C)Cc2ccccc2)c1O. The number of aliphatic imine (C=N–C) groups is 1. The standard InChI is InChI=1S/C19H22N4O3/c1-3-26-18(21)17(20)22-15-11-7-10-14(16(15)24)19(25)23(2)12-13-8-5-4-6-9-13/h4-11,21,24H,3,12H2,1-2H3,(H2,20,22). The van der Waals surface area contributed by atoms with E-state index in [4.69, 9.17) is 15.9 Å². The van der Waals surface area contributed by atoms with Gasteiger partial charge in [-0.05, 0) is 24.6 Å². The number of phenols is 1. The Kier molecular flexibility index (Phi) is 6.32. The predicted molar refractivity (Wildman–Crippen MR) is 101 cm³/mol. The summed E-state index contributed by atoms with van der Waals surface area (Å²) in [5.41, 5.74) is 6.88. The summed E-state index contributed by atoms with van der Waals surface area (Å²) in [6, 6.07) is 14.2. The number of hydrogen-bond donors (Lipinski definition) is 3. The van der Waals surface area contributed by atoms with Crippen LogP contribution in [0.3, 0.4) is 0 Å². The molecule has 0 aliphatic heterocycles. The first kappa shape index (κ1) is 19.0. The van der Waals surface area contributed by atoms with Crippen LogP contribution in [0, 0.1) is 5.41 Å². The van der Waals surface area contributed by atoms with E-state index < -0.39 is 0 Å². The van der Waals surface area contributed by atoms with E-state index in [0.29, 0.717) is 6.54 Å². The van der Waals surface area contributed by atoms with Crippen molar-refractivity contribution in [1.29, 1.82) is 5.41 Å². The van der Waals surface area contributed by atoms with Gasteiger partial charge in [0, 0.05) is 13.6 Å². The monoisotopic (exact) mass is 354 g/mol. The first-order chi connectivity index (χ1) is 12.4. The fraction of sp³-hybridized carbons (Fsp3) is 0.211. The molecule has 7 heteroatoms. The van der Waals surface area contributed by atoms with Crippen LogP contribution < -0.4 is 5.73 Å². The maximum absolute atomic E-state index is 12.7. The molecule has 0 fully saturated rings. The highest BCUT2D eigenvalue weighted by molar-refractivity contribution is 6.36. The van der Waals surface area contributed by atoms with Gasteiger partial charge in [0.1, 0.15) is 5.69 Å². The van der Waals surface area contributed by atoms with Crippen LogP contribution in [0.1, 0.15) is 22.8 Å². The van der Waals surface area contributed by atoms with Crippen LogP contribution in [0.25, 0.3) is 0 Å². The lowest BCUT2D eigenvalue weighted by molar-refractivity contribution is 0.0782. The van der Waals surface area contributed by atoms with Gasteiger partial charge in [-0.25, -0.2) is 4.99 Å². The molecule has 0 saturated carbocycles. The smallest absolute Gasteiger partial charge is 0.257 e. The third-order valence-electron chi connectivity index (χ3n) is 3.62. The van der Waals surface area contributed by atoms with Crippen LogP contribution in [0.15, 0.2) is 53.5 Å². The predicted octanol–water partition coefficient (Wildman–Crippen LogP) is 2.67. The third-order valence-corrected chi connectivity index (χ3v) is 3.62. The number of amides is 1. The van der Waals surface area contributed by atoms with Crippen molar-refractivity contribution in [2.24, 2.45) is 10.7 Å². The number of nitrogens with one attached hydrogen (secondary N) is 1. The summed E-state index contributed by atoms with van der Waals surface area (Å²) in [6.45, 7) is 2.41. The number of aromatic hydroxyl groups is 1. The highest BCUT2D eigenvalue weighted by Gasteiger charge is 2.18. The number of amidine groups is 1. The van der Waals surface area contributed by atoms with Crippen molar-refractivity contribution in [3.63, 3.8) is 0 Å². The van der Waals surface area contributed by atoms with E-state index in [1.165, 1.54) is 17.0 Å². The Morgan fingerprint density at radius 1 is 1.23 bits per heavy atom. The minimum Gasteiger partial charge on any atom is -0.505 e. The van der Waals surface area contributed by atoms with E-state index in [9.17, 15) is 9.90 Å². The van der Waals surface area contributed by atoms with Crippen LogP contribution in [0.4, 0.5) is 5.69 Å². The molecular weight excluding hydrogens is 332 g/mol. The van der Waals surface area contributed by atoms with Crippen molar-refractivity contribution >= 4 is 23.3 Å². The molecule has 4 N–H and O–H groups in total. The Labute approximate surface area is 152 Å². The van der Waals surface area contributed by atoms with Gasteiger partial charge < -0.3 is 20.5 Å². The Bertz CT molecular complexity index is 819. The molecule has 0 bridgehead atoms. The van der Waals surface area contributed by atoms with Gasteiger partial charge in [-0.2, -0.15) is 0 Å². The molecule has 0 aliphatic carbocycles. The first-order valence-electron chi connectivity index (χ1n) is 8.11. The van der Waals surface area contributed by atoms with Crippen molar-refractivity contribution in [3.05, 3.63) is 59.7 Å². The number of para-hydroxylation sites is 1. The number of benzene rings is 2. The van der Waals surface area contributed by atoms with Crippen molar-refractivity contribution in [1.82, 2.24) is 4.90 Å². The minimum absolute atomic E-state index is 0.103. The maximum Gasteiger partial charge on any atom is 0.257 e. The van der Waals surface area contributed by atoms with Crippen molar-refractivity contribution in [2.45, 2.75) is 13.5 Å². The topological polar surface area (TPSA) is 112 Å². The molecule has 1 amide bonds. The summed E-state index contributed by atoms with van der Waals surface area (Å²) in [6.07, 6.45) is 0. The van der Waals surface area contributed by atoms with Gasteiger partial charge in [-0.1, -0.05) is 36.4 Å². The molecule has 0 heterocycles. The zero-order chi connectivity index (χ0) is 19.1. The number of carbonyl (C=O) groups excluding carboxylic acids is 1. The second-order valence-electron chi connectivity index (χ2n) is 5.58. The van der Waals surface area contributed by atoms with Gasteiger partial charge in [-0.3, -0.25) is 10.2 Å². The van der Waals surface area contributed by atoms with Crippen LogP contribution in [-0.2, 0) is 11.3 Å². The van der Waals surface area contributed by atoms with Crippen LogP contribution in [0.5, 0.6) is 5.75 Å². The molecule has 2 rings (SSSR count). The fourth-order valence-electron chi connectivity index (χ4n) is 2.33. The number of rotatable bonds is 5. The van der Waals surface area contributed by atoms with Gasteiger partial charge in [-0.15, -0.1) is 0 Å². The summed E-state index contributed by atoms with van der Waals surface area (Å²) >= 11 is 0. The van der Waals surface area contributed by atoms with E-state index in [0.717, 1.165) is 5.56 Å². The molecule has 0 unspecified atom stereocenters. The molecule has 0 atom stereocenters. The van der Waals surface area contributed by atoms with Gasteiger partial charge in [0.05, 0.1) is 12.2 Å². The zero-order valence-corrected chi connectivity index (χ0v) is 14.8. The van der Waals surface area contributed by atoms with Crippen molar-refractivity contribution in [2.75, 3.05) is 13.7 Å².